The van der Waals surface area contributed by atoms with E-state index in [4.69, 9.17) is 23.2 Å². The normalized spacial score (nSPS) is 10.6. The zero-order valence-corrected chi connectivity index (χ0v) is 14.0. The molecule has 0 aliphatic carbocycles. The molecule has 2 heterocycles. The number of carbonyl (C=O) groups excluding carboxylic acids is 1. The average molecular weight is 343 g/mol. The third-order valence-corrected chi connectivity index (χ3v) is 4.39. The van der Waals surface area contributed by atoms with Gasteiger partial charge in [-0.25, -0.2) is 4.98 Å². The monoisotopic (exact) mass is 342 g/mol. The number of carbonyl (C=O) groups is 1. The molecule has 0 fully saturated rings. The summed E-state index contributed by atoms with van der Waals surface area (Å²) in [7, 11) is 0. The van der Waals surface area contributed by atoms with Crippen molar-refractivity contribution in [3.05, 3.63) is 49.9 Å². The number of aryl methyl sites for hydroxylation is 1. The van der Waals surface area contributed by atoms with Gasteiger partial charge in [-0.3, -0.25) is 4.79 Å². The number of nitrogens with zero attached hydrogens (tertiary/aromatic N) is 1. The SMILES string of the molecule is CCCc1cc(C(=O)NCCc2ccc(Cl)s2)cc(Cl)n1. The van der Waals surface area contributed by atoms with Crippen LogP contribution in [0.2, 0.25) is 9.49 Å². The van der Waals surface area contributed by atoms with Crippen molar-refractivity contribution in [2.75, 3.05) is 6.54 Å². The Kier molecular flexibility index (Phi) is 6.03. The Labute approximate surface area is 138 Å². The second-order valence-electron chi connectivity index (χ2n) is 4.63. The lowest BCUT2D eigenvalue weighted by atomic mass is 10.1. The first kappa shape index (κ1) is 16.3. The Hall–Kier alpha value is -1.10. The number of aromatic nitrogens is 1. The molecule has 0 saturated carbocycles. The lowest BCUT2D eigenvalue weighted by Gasteiger charge is -2.07. The first-order valence-corrected chi connectivity index (χ1v) is 8.34. The van der Waals surface area contributed by atoms with Crippen molar-refractivity contribution in [1.82, 2.24) is 10.3 Å². The predicted molar refractivity (Wildman–Crippen MR) is 88.6 cm³/mol. The molecule has 0 bridgehead atoms. The molecule has 2 aromatic rings. The Bertz CT molecular complexity index is 628. The second-order valence-corrected chi connectivity index (χ2v) is 6.82. The van der Waals surface area contributed by atoms with Crippen molar-refractivity contribution in [3.8, 4) is 0 Å². The molecule has 0 aromatic carbocycles. The van der Waals surface area contributed by atoms with Crippen molar-refractivity contribution >= 4 is 40.4 Å². The van der Waals surface area contributed by atoms with Crippen LogP contribution >= 0.6 is 34.5 Å². The minimum absolute atomic E-state index is 0.126. The van der Waals surface area contributed by atoms with E-state index in [-0.39, 0.29) is 5.91 Å². The molecule has 0 aliphatic rings. The van der Waals surface area contributed by atoms with Crippen LogP contribution < -0.4 is 5.32 Å². The van der Waals surface area contributed by atoms with Crippen molar-refractivity contribution in [2.24, 2.45) is 0 Å². The fourth-order valence-electron chi connectivity index (χ4n) is 1.95. The Balaban J connectivity index is 1.93. The molecule has 2 aromatic heterocycles. The molecule has 3 nitrogen and oxygen atoms in total. The predicted octanol–water partition coefficient (Wildman–Crippen LogP) is 4.37. The zero-order valence-electron chi connectivity index (χ0n) is 11.7. The summed E-state index contributed by atoms with van der Waals surface area (Å²) in [5, 5.41) is 3.25. The maximum atomic E-state index is 12.1. The highest BCUT2D eigenvalue weighted by Gasteiger charge is 2.09. The first-order valence-electron chi connectivity index (χ1n) is 6.77. The standard InChI is InChI=1S/C15H16Cl2N2OS/c1-2-3-11-8-10(9-13(16)19-11)15(20)18-7-6-12-4-5-14(17)21-12/h4-5,8-9H,2-3,6-7H2,1H3,(H,18,20). The van der Waals surface area contributed by atoms with E-state index in [0.717, 1.165) is 34.2 Å². The highest BCUT2D eigenvalue weighted by atomic mass is 35.5. The molecular weight excluding hydrogens is 327 g/mol. The van der Waals surface area contributed by atoms with E-state index in [9.17, 15) is 4.79 Å². The minimum Gasteiger partial charge on any atom is -0.352 e. The molecule has 2 rings (SSSR count). The molecule has 1 N–H and O–H groups in total. The van der Waals surface area contributed by atoms with E-state index < -0.39 is 0 Å². The van der Waals surface area contributed by atoms with Crippen LogP contribution in [-0.2, 0) is 12.8 Å². The van der Waals surface area contributed by atoms with Gasteiger partial charge in [0.25, 0.3) is 5.91 Å². The van der Waals surface area contributed by atoms with Gasteiger partial charge in [0.1, 0.15) is 5.15 Å². The molecule has 0 aliphatic heterocycles. The number of amides is 1. The molecule has 0 radical (unpaired) electrons. The van der Waals surface area contributed by atoms with Gasteiger partial charge in [-0.2, -0.15) is 0 Å². The Morgan fingerprint density at radius 3 is 2.76 bits per heavy atom. The summed E-state index contributed by atoms with van der Waals surface area (Å²) >= 11 is 13.4. The summed E-state index contributed by atoms with van der Waals surface area (Å²) in [6.45, 7) is 2.63. The van der Waals surface area contributed by atoms with Gasteiger partial charge in [-0.15, -0.1) is 11.3 Å². The molecule has 0 saturated heterocycles. The van der Waals surface area contributed by atoms with Crippen LogP contribution in [0.25, 0.3) is 0 Å². The highest BCUT2D eigenvalue weighted by Crippen LogP contribution is 2.21. The second kappa shape index (κ2) is 7.78. The van der Waals surface area contributed by atoms with E-state index in [0.29, 0.717) is 17.3 Å². The van der Waals surface area contributed by atoms with E-state index in [2.05, 4.69) is 17.2 Å². The van der Waals surface area contributed by atoms with Crippen LogP contribution in [0.4, 0.5) is 0 Å². The number of halogens is 2. The van der Waals surface area contributed by atoms with Gasteiger partial charge in [0.05, 0.1) is 4.34 Å². The summed E-state index contributed by atoms with van der Waals surface area (Å²) in [4.78, 5) is 17.5. The lowest BCUT2D eigenvalue weighted by molar-refractivity contribution is 0.0954. The summed E-state index contributed by atoms with van der Waals surface area (Å²) in [6, 6.07) is 7.23. The zero-order chi connectivity index (χ0) is 15.2. The van der Waals surface area contributed by atoms with Gasteiger partial charge in [0, 0.05) is 22.7 Å². The van der Waals surface area contributed by atoms with E-state index >= 15 is 0 Å². The van der Waals surface area contributed by atoms with Crippen molar-refractivity contribution < 1.29 is 4.79 Å². The van der Waals surface area contributed by atoms with Gasteiger partial charge >= 0.3 is 0 Å². The maximum absolute atomic E-state index is 12.1. The number of nitrogens with one attached hydrogen (secondary N) is 1. The third kappa shape index (κ3) is 4.99. The topological polar surface area (TPSA) is 42.0 Å². The summed E-state index contributed by atoms with van der Waals surface area (Å²) in [6.07, 6.45) is 2.55. The van der Waals surface area contributed by atoms with Crippen LogP contribution in [0.5, 0.6) is 0 Å². The first-order chi connectivity index (χ1) is 10.1. The number of hydrogen-bond donors (Lipinski definition) is 1. The van der Waals surface area contributed by atoms with Gasteiger partial charge < -0.3 is 5.32 Å². The van der Waals surface area contributed by atoms with Gasteiger partial charge in [-0.1, -0.05) is 36.5 Å². The van der Waals surface area contributed by atoms with E-state index in [1.54, 1.807) is 12.1 Å². The molecule has 0 unspecified atom stereocenters. The van der Waals surface area contributed by atoms with Crippen molar-refractivity contribution in [1.29, 1.82) is 0 Å². The minimum atomic E-state index is -0.126. The number of thiophene rings is 1. The molecule has 21 heavy (non-hydrogen) atoms. The molecule has 0 atom stereocenters. The summed E-state index contributed by atoms with van der Waals surface area (Å²) in [5.41, 5.74) is 1.41. The Morgan fingerprint density at radius 2 is 2.10 bits per heavy atom. The largest absolute Gasteiger partial charge is 0.352 e. The summed E-state index contributed by atoms with van der Waals surface area (Å²) < 4.78 is 0.765. The quantitative estimate of drug-likeness (QED) is 0.791. The molecular formula is C15H16Cl2N2OS. The molecule has 112 valence electrons. The number of hydrogen-bond acceptors (Lipinski definition) is 3. The van der Waals surface area contributed by atoms with E-state index in [1.807, 2.05) is 12.1 Å². The fourth-order valence-corrected chi connectivity index (χ4v) is 3.27. The van der Waals surface area contributed by atoms with Crippen LogP contribution in [0.3, 0.4) is 0 Å². The lowest BCUT2D eigenvalue weighted by Crippen LogP contribution is -2.25. The number of pyridine rings is 1. The molecule has 1 amide bonds. The fraction of sp³-hybridized carbons (Fsp3) is 0.333. The van der Waals surface area contributed by atoms with Gasteiger partial charge in [0.15, 0.2) is 0 Å². The smallest absolute Gasteiger partial charge is 0.251 e. The van der Waals surface area contributed by atoms with Crippen molar-refractivity contribution in [3.63, 3.8) is 0 Å². The highest BCUT2D eigenvalue weighted by molar-refractivity contribution is 7.16. The number of rotatable bonds is 6. The van der Waals surface area contributed by atoms with Crippen LogP contribution in [0, 0.1) is 0 Å². The van der Waals surface area contributed by atoms with Gasteiger partial charge in [0.2, 0.25) is 0 Å². The maximum Gasteiger partial charge on any atom is 0.251 e. The Morgan fingerprint density at radius 1 is 1.29 bits per heavy atom. The van der Waals surface area contributed by atoms with Crippen LogP contribution in [0.15, 0.2) is 24.3 Å². The van der Waals surface area contributed by atoms with Crippen LogP contribution in [-0.4, -0.2) is 17.4 Å². The van der Waals surface area contributed by atoms with Gasteiger partial charge in [-0.05, 0) is 37.1 Å². The average Bonchev–Trinajstić information content (AvgIpc) is 2.84. The molecule has 0 spiro atoms. The van der Waals surface area contributed by atoms with Crippen LogP contribution in [0.1, 0.15) is 34.3 Å². The summed E-state index contributed by atoms with van der Waals surface area (Å²) in [5.74, 6) is -0.126. The van der Waals surface area contributed by atoms with Crippen molar-refractivity contribution in [2.45, 2.75) is 26.2 Å². The third-order valence-electron chi connectivity index (χ3n) is 2.90. The molecule has 6 heteroatoms. The van der Waals surface area contributed by atoms with E-state index in [1.165, 1.54) is 11.3 Å².